The number of amides is 2. The van der Waals surface area contributed by atoms with Gasteiger partial charge in [-0.25, -0.2) is 0 Å². The monoisotopic (exact) mass is 370 g/mol. The highest BCUT2D eigenvalue weighted by Gasteiger charge is 2.28. The van der Waals surface area contributed by atoms with Gasteiger partial charge < -0.3 is 14.2 Å². The Morgan fingerprint density at radius 2 is 1.81 bits per heavy atom. The quantitative estimate of drug-likeness (QED) is 0.805. The third kappa shape index (κ3) is 4.31. The molecule has 0 saturated heterocycles. The minimum absolute atomic E-state index is 0.0628. The average Bonchev–Trinajstić information content (AvgIpc) is 2.68. The van der Waals surface area contributed by atoms with Crippen molar-refractivity contribution in [2.24, 2.45) is 0 Å². The molecule has 0 saturated carbocycles. The van der Waals surface area contributed by atoms with Crippen LogP contribution in [-0.4, -0.2) is 30.6 Å². The Kier molecular flexibility index (Phi) is 5.49. The lowest BCUT2D eigenvalue weighted by molar-refractivity contribution is -0.137. The van der Waals surface area contributed by atoms with Crippen molar-refractivity contribution in [2.75, 3.05) is 6.61 Å². The zero-order valence-corrected chi connectivity index (χ0v) is 15.4. The largest absolute Gasteiger partial charge is 0.485 e. The number of nitrogens with one attached hydrogen (secondary N) is 2. The molecule has 1 aliphatic heterocycles. The van der Waals surface area contributed by atoms with Crippen molar-refractivity contribution in [3.63, 3.8) is 0 Å². The lowest BCUT2D eigenvalue weighted by atomic mass is 10.1. The molecule has 0 aromatic heterocycles. The molecular formula is C20H22N2O5. The van der Waals surface area contributed by atoms with E-state index in [9.17, 15) is 9.59 Å². The molecule has 27 heavy (non-hydrogen) atoms. The standard InChI is InChI=1S/C20H22N2O5/c1-12-7-6-10-15(13(12)2)26-14(3)19(23)21-22-20(24)18-11-25-16-8-4-5-9-17(16)27-18/h4-10,14,18H,11H2,1-3H3,(H,21,23)(H,22,24)/t14-,18-/m0/s1. The fraction of sp³-hybridized carbons (Fsp3) is 0.300. The van der Waals surface area contributed by atoms with Crippen LogP contribution in [0, 0.1) is 13.8 Å². The van der Waals surface area contributed by atoms with Crippen LogP contribution in [0.1, 0.15) is 18.1 Å². The van der Waals surface area contributed by atoms with E-state index in [1.54, 1.807) is 31.2 Å². The maximum absolute atomic E-state index is 12.2. The van der Waals surface area contributed by atoms with Crippen LogP contribution in [-0.2, 0) is 9.59 Å². The summed E-state index contributed by atoms with van der Waals surface area (Å²) in [6.07, 6.45) is -1.63. The molecule has 0 spiro atoms. The Bertz CT molecular complexity index is 852. The fourth-order valence-corrected chi connectivity index (χ4v) is 2.55. The second-order valence-corrected chi connectivity index (χ2v) is 6.30. The number of hydrogen-bond acceptors (Lipinski definition) is 5. The van der Waals surface area contributed by atoms with Gasteiger partial charge in [-0.05, 0) is 50.1 Å². The van der Waals surface area contributed by atoms with Crippen LogP contribution in [0.3, 0.4) is 0 Å². The van der Waals surface area contributed by atoms with E-state index in [2.05, 4.69) is 10.9 Å². The number of rotatable bonds is 4. The Morgan fingerprint density at radius 3 is 2.59 bits per heavy atom. The van der Waals surface area contributed by atoms with E-state index in [4.69, 9.17) is 14.2 Å². The summed E-state index contributed by atoms with van der Waals surface area (Å²) in [7, 11) is 0. The first-order valence-electron chi connectivity index (χ1n) is 8.67. The van der Waals surface area contributed by atoms with Crippen molar-refractivity contribution in [2.45, 2.75) is 33.0 Å². The maximum atomic E-state index is 12.2. The van der Waals surface area contributed by atoms with Gasteiger partial charge >= 0.3 is 0 Å². The SMILES string of the molecule is Cc1cccc(O[C@@H](C)C(=O)NNC(=O)[C@@H]2COc3ccccc3O2)c1C. The molecule has 142 valence electrons. The highest BCUT2D eigenvalue weighted by molar-refractivity contribution is 5.87. The molecule has 7 heteroatoms. The van der Waals surface area contributed by atoms with Crippen LogP contribution in [0.15, 0.2) is 42.5 Å². The van der Waals surface area contributed by atoms with E-state index in [0.29, 0.717) is 17.2 Å². The molecule has 2 N–H and O–H groups in total. The third-order valence-corrected chi connectivity index (χ3v) is 4.34. The molecule has 2 amide bonds. The summed E-state index contributed by atoms with van der Waals surface area (Å²) in [6.45, 7) is 5.57. The summed E-state index contributed by atoms with van der Waals surface area (Å²) < 4.78 is 16.8. The number of para-hydroxylation sites is 2. The number of carbonyl (C=O) groups excluding carboxylic acids is 2. The van der Waals surface area contributed by atoms with Crippen LogP contribution < -0.4 is 25.1 Å². The van der Waals surface area contributed by atoms with E-state index in [1.807, 2.05) is 32.0 Å². The topological polar surface area (TPSA) is 85.9 Å². The van der Waals surface area contributed by atoms with Gasteiger partial charge in [-0.1, -0.05) is 24.3 Å². The summed E-state index contributed by atoms with van der Waals surface area (Å²) in [4.78, 5) is 24.4. The smallest absolute Gasteiger partial charge is 0.283 e. The first kappa shape index (κ1) is 18.6. The van der Waals surface area contributed by atoms with Crippen LogP contribution in [0.5, 0.6) is 17.2 Å². The number of benzene rings is 2. The van der Waals surface area contributed by atoms with Gasteiger partial charge in [0.05, 0.1) is 0 Å². The zero-order valence-electron chi connectivity index (χ0n) is 15.4. The van der Waals surface area contributed by atoms with E-state index >= 15 is 0 Å². The predicted octanol–water partition coefficient (Wildman–Crippen LogP) is 2.06. The number of carbonyl (C=O) groups is 2. The van der Waals surface area contributed by atoms with E-state index < -0.39 is 24.0 Å². The highest BCUT2D eigenvalue weighted by atomic mass is 16.6. The van der Waals surface area contributed by atoms with Crippen molar-refractivity contribution < 1.29 is 23.8 Å². The maximum Gasteiger partial charge on any atom is 0.283 e. The summed E-state index contributed by atoms with van der Waals surface area (Å²) in [6, 6.07) is 12.7. The number of aryl methyl sites for hydroxylation is 1. The minimum Gasteiger partial charge on any atom is -0.485 e. The highest BCUT2D eigenvalue weighted by Crippen LogP contribution is 2.30. The van der Waals surface area contributed by atoms with Crippen molar-refractivity contribution in [1.29, 1.82) is 0 Å². The van der Waals surface area contributed by atoms with E-state index in [-0.39, 0.29) is 6.61 Å². The fourth-order valence-electron chi connectivity index (χ4n) is 2.55. The Morgan fingerprint density at radius 1 is 1.07 bits per heavy atom. The number of ether oxygens (including phenoxy) is 3. The van der Waals surface area contributed by atoms with Gasteiger partial charge in [0, 0.05) is 0 Å². The molecule has 0 unspecified atom stereocenters. The zero-order chi connectivity index (χ0) is 19.4. The molecule has 7 nitrogen and oxygen atoms in total. The molecule has 0 bridgehead atoms. The summed E-state index contributed by atoms with van der Waals surface area (Å²) >= 11 is 0. The van der Waals surface area contributed by atoms with E-state index in [1.165, 1.54) is 0 Å². The summed E-state index contributed by atoms with van der Waals surface area (Å²) in [5.74, 6) is 0.728. The molecule has 0 aliphatic carbocycles. The molecule has 1 heterocycles. The van der Waals surface area contributed by atoms with Crippen molar-refractivity contribution in [1.82, 2.24) is 10.9 Å². The number of hydrogen-bond donors (Lipinski definition) is 2. The molecule has 2 aromatic rings. The number of hydrazine groups is 1. The van der Waals surface area contributed by atoms with Gasteiger partial charge in [0.15, 0.2) is 17.6 Å². The van der Waals surface area contributed by atoms with Crippen LogP contribution in [0.4, 0.5) is 0 Å². The molecule has 2 atom stereocenters. The summed E-state index contributed by atoms with van der Waals surface area (Å²) in [5.41, 5.74) is 6.75. The predicted molar refractivity (Wildman–Crippen MR) is 98.6 cm³/mol. The van der Waals surface area contributed by atoms with Gasteiger partial charge in [-0.2, -0.15) is 0 Å². The molecule has 2 aromatic carbocycles. The third-order valence-electron chi connectivity index (χ3n) is 4.34. The lowest BCUT2D eigenvalue weighted by Gasteiger charge is -2.25. The average molecular weight is 370 g/mol. The van der Waals surface area contributed by atoms with Gasteiger partial charge in [0.25, 0.3) is 11.8 Å². The Hall–Kier alpha value is -3.22. The van der Waals surface area contributed by atoms with Crippen LogP contribution >= 0.6 is 0 Å². The van der Waals surface area contributed by atoms with Gasteiger partial charge in [-0.15, -0.1) is 0 Å². The van der Waals surface area contributed by atoms with E-state index in [0.717, 1.165) is 11.1 Å². The lowest BCUT2D eigenvalue weighted by Crippen LogP contribution is -2.53. The second kappa shape index (κ2) is 7.99. The second-order valence-electron chi connectivity index (χ2n) is 6.30. The van der Waals surface area contributed by atoms with Crippen molar-refractivity contribution >= 4 is 11.8 Å². The summed E-state index contributed by atoms with van der Waals surface area (Å²) in [5, 5.41) is 0. The van der Waals surface area contributed by atoms with Gasteiger partial charge in [-0.3, -0.25) is 20.4 Å². The molecule has 1 aliphatic rings. The Balaban J connectivity index is 1.51. The molecular weight excluding hydrogens is 348 g/mol. The normalized spacial score (nSPS) is 16.2. The minimum atomic E-state index is -0.851. The van der Waals surface area contributed by atoms with Gasteiger partial charge in [0.2, 0.25) is 6.10 Å². The van der Waals surface area contributed by atoms with Gasteiger partial charge in [0.1, 0.15) is 12.4 Å². The Labute approximate surface area is 157 Å². The van der Waals surface area contributed by atoms with Crippen LogP contribution in [0.2, 0.25) is 0 Å². The first-order valence-corrected chi connectivity index (χ1v) is 8.67. The first-order chi connectivity index (χ1) is 13.0. The number of fused-ring (bicyclic) bond motifs is 1. The molecule has 3 rings (SSSR count). The van der Waals surface area contributed by atoms with Crippen molar-refractivity contribution in [3.05, 3.63) is 53.6 Å². The molecule has 0 radical (unpaired) electrons. The van der Waals surface area contributed by atoms with Crippen molar-refractivity contribution in [3.8, 4) is 17.2 Å². The molecule has 0 fully saturated rings. The van der Waals surface area contributed by atoms with Crippen LogP contribution in [0.25, 0.3) is 0 Å².